The third-order valence-corrected chi connectivity index (χ3v) is 3.45. The van der Waals surface area contributed by atoms with E-state index < -0.39 is 5.97 Å². The minimum Gasteiger partial charge on any atom is -0.491 e. The maximum absolute atomic E-state index is 12.3. The number of rotatable bonds is 5. The molecule has 21 heavy (non-hydrogen) atoms. The maximum Gasteiger partial charge on any atom is 0.318 e. The number of urea groups is 1. The minimum absolute atomic E-state index is 0.0661. The Hall–Kier alpha value is -2.24. The molecule has 1 heterocycles. The number of hydrogen-bond donors (Lipinski definition) is 2. The van der Waals surface area contributed by atoms with Crippen LogP contribution in [0.4, 0.5) is 4.79 Å². The second-order valence-corrected chi connectivity index (χ2v) is 5.28. The quantitative estimate of drug-likeness (QED) is 0.870. The zero-order valence-corrected chi connectivity index (χ0v) is 12.2. The summed E-state index contributed by atoms with van der Waals surface area (Å²) in [6.45, 7) is 4.31. The fraction of sp³-hybridized carbons (Fsp3) is 0.467. The van der Waals surface area contributed by atoms with Gasteiger partial charge in [-0.25, -0.2) is 4.79 Å². The number of carbonyl (C=O) groups excluding carboxylic acids is 1. The first-order valence-corrected chi connectivity index (χ1v) is 6.99. The smallest absolute Gasteiger partial charge is 0.318 e. The summed E-state index contributed by atoms with van der Waals surface area (Å²) in [5, 5.41) is 11.7. The summed E-state index contributed by atoms with van der Waals surface area (Å²) in [4.78, 5) is 24.5. The molecule has 0 aliphatic carbocycles. The van der Waals surface area contributed by atoms with Crippen molar-refractivity contribution in [1.82, 2.24) is 10.2 Å². The molecule has 1 aliphatic heterocycles. The Morgan fingerprint density at radius 2 is 2.14 bits per heavy atom. The molecule has 114 valence electrons. The minimum atomic E-state index is -0.914. The summed E-state index contributed by atoms with van der Waals surface area (Å²) in [5.41, 5.74) is 0.952. The Bertz CT molecular complexity index is 530. The Morgan fingerprint density at radius 3 is 2.81 bits per heavy atom. The second-order valence-electron chi connectivity index (χ2n) is 5.28. The first-order valence-electron chi connectivity index (χ1n) is 6.99. The molecule has 0 spiro atoms. The van der Waals surface area contributed by atoms with Crippen molar-refractivity contribution < 1.29 is 19.4 Å². The Balaban J connectivity index is 2.01. The van der Waals surface area contributed by atoms with Gasteiger partial charge in [0.2, 0.25) is 0 Å². The lowest BCUT2D eigenvalue weighted by Gasteiger charge is -2.27. The lowest BCUT2D eigenvalue weighted by Crippen LogP contribution is -2.46. The summed E-state index contributed by atoms with van der Waals surface area (Å²) in [6, 6.07) is 7.04. The first kappa shape index (κ1) is 15.2. The molecule has 1 unspecified atom stereocenters. The van der Waals surface area contributed by atoms with Crippen LogP contribution in [0.3, 0.4) is 0 Å². The highest BCUT2D eigenvalue weighted by Gasteiger charge is 2.27. The molecule has 0 radical (unpaired) electrons. The van der Waals surface area contributed by atoms with Crippen LogP contribution >= 0.6 is 0 Å². The van der Waals surface area contributed by atoms with Gasteiger partial charge in [0.05, 0.1) is 12.5 Å². The van der Waals surface area contributed by atoms with Crippen LogP contribution in [0.15, 0.2) is 24.3 Å². The van der Waals surface area contributed by atoms with Crippen LogP contribution in [0.25, 0.3) is 0 Å². The van der Waals surface area contributed by atoms with Crippen LogP contribution < -0.4 is 10.1 Å². The molecule has 0 aromatic heterocycles. The number of aliphatic carboxylic acids is 1. The third-order valence-electron chi connectivity index (χ3n) is 3.45. The molecular weight excluding hydrogens is 272 g/mol. The molecule has 0 saturated carbocycles. The number of fused-ring (bicyclic) bond motifs is 1. The van der Waals surface area contributed by atoms with Gasteiger partial charge in [-0.15, -0.1) is 0 Å². The molecular formula is C15H20N2O4. The zero-order chi connectivity index (χ0) is 15.4. The summed E-state index contributed by atoms with van der Waals surface area (Å²) < 4.78 is 5.52. The highest BCUT2D eigenvalue weighted by molar-refractivity contribution is 5.76. The van der Waals surface area contributed by atoms with E-state index in [4.69, 9.17) is 9.84 Å². The monoisotopic (exact) mass is 292 g/mol. The van der Waals surface area contributed by atoms with Crippen LogP contribution in [-0.2, 0) is 4.79 Å². The largest absolute Gasteiger partial charge is 0.491 e. The summed E-state index contributed by atoms with van der Waals surface area (Å²) in [5.74, 6) is -0.132. The number of benzene rings is 1. The number of para-hydroxylation sites is 1. The highest BCUT2D eigenvalue weighted by atomic mass is 16.5. The van der Waals surface area contributed by atoms with Crippen molar-refractivity contribution in [2.24, 2.45) is 0 Å². The predicted octanol–water partition coefficient (Wildman–Crippen LogP) is 2.01. The normalized spacial score (nSPS) is 16.2. The SMILES string of the molecule is CC(C)N(CCC(=O)O)C(=O)NC1COc2ccccc21. The van der Waals surface area contributed by atoms with Gasteiger partial charge in [0.1, 0.15) is 12.4 Å². The molecule has 1 aromatic rings. The third kappa shape index (κ3) is 3.65. The number of ether oxygens (including phenoxy) is 1. The van der Waals surface area contributed by atoms with Gasteiger partial charge in [-0.05, 0) is 19.9 Å². The van der Waals surface area contributed by atoms with Crippen molar-refractivity contribution in [3.8, 4) is 5.75 Å². The number of amides is 2. The summed E-state index contributed by atoms with van der Waals surface area (Å²) in [7, 11) is 0. The lowest BCUT2D eigenvalue weighted by molar-refractivity contribution is -0.137. The number of nitrogens with one attached hydrogen (secondary N) is 1. The van der Waals surface area contributed by atoms with E-state index in [1.165, 1.54) is 4.90 Å². The number of carboxylic acid groups (broad SMARTS) is 1. The van der Waals surface area contributed by atoms with Gasteiger partial charge in [0.15, 0.2) is 0 Å². The van der Waals surface area contributed by atoms with Crippen molar-refractivity contribution >= 4 is 12.0 Å². The first-order chi connectivity index (χ1) is 9.99. The van der Waals surface area contributed by atoms with Gasteiger partial charge in [-0.2, -0.15) is 0 Å². The van der Waals surface area contributed by atoms with Gasteiger partial charge in [0.25, 0.3) is 0 Å². The van der Waals surface area contributed by atoms with Crippen LogP contribution in [-0.4, -0.2) is 41.2 Å². The molecule has 1 aliphatic rings. The standard InChI is InChI=1S/C15H20N2O4/c1-10(2)17(8-7-14(18)19)15(20)16-12-9-21-13-6-4-3-5-11(12)13/h3-6,10,12H,7-9H2,1-2H3,(H,16,20)(H,18,19). The van der Waals surface area contributed by atoms with Crippen LogP contribution in [0.2, 0.25) is 0 Å². The van der Waals surface area contributed by atoms with Gasteiger partial charge < -0.3 is 20.1 Å². The fourth-order valence-electron chi connectivity index (χ4n) is 2.32. The van der Waals surface area contributed by atoms with Crippen LogP contribution in [0, 0.1) is 0 Å². The molecule has 2 N–H and O–H groups in total. The Labute approximate surface area is 123 Å². The average molecular weight is 292 g/mol. The van der Waals surface area contributed by atoms with E-state index in [-0.39, 0.29) is 31.1 Å². The van der Waals surface area contributed by atoms with E-state index in [0.717, 1.165) is 11.3 Å². The molecule has 0 fully saturated rings. The maximum atomic E-state index is 12.3. The number of carboxylic acids is 1. The Morgan fingerprint density at radius 1 is 1.43 bits per heavy atom. The zero-order valence-electron chi connectivity index (χ0n) is 12.2. The van der Waals surface area contributed by atoms with Crippen LogP contribution in [0.5, 0.6) is 5.75 Å². The fourth-order valence-corrected chi connectivity index (χ4v) is 2.32. The summed E-state index contributed by atoms with van der Waals surface area (Å²) in [6.07, 6.45) is -0.0661. The number of hydrogen-bond acceptors (Lipinski definition) is 3. The van der Waals surface area contributed by atoms with Crippen LogP contribution in [0.1, 0.15) is 31.9 Å². The number of nitrogens with zero attached hydrogens (tertiary/aromatic N) is 1. The molecule has 1 atom stereocenters. The topological polar surface area (TPSA) is 78.9 Å². The van der Waals surface area contributed by atoms with Crippen molar-refractivity contribution in [2.45, 2.75) is 32.4 Å². The molecule has 2 rings (SSSR count). The Kier molecular flexibility index (Phi) is 4.67. The van der Waals surface area contributed by atoms with E-state index in [9.17, 15) is 9.59 Å². The van der Waals surface area contributed by atoms with E-state index >= 15 is 0 Å². The van der Waals surface area contributed by atoms with Gasteiger partial charge in [-0.1, -0.05) is 18.2 Å². The second kappa shape index (κ2) is 6.47. The number of carbonyl (C=O) groups is 2. The van der Waals surface area contributed by atoms with E-state index in [1.807, 2.05) is 38.1 Å². The van der Waals surface area contributed by atoms with Gasteiger partial charge in [0, 0.05) is 18.2 Å². The lowest BCUT2D eigenvalue weighted by atomic mass is 10.1. The van der Waals surface area contributed by atoms with Crippen molar-refractivity contribution in [3.63, 3.8) is 0 Å². The summed E-state index contributed by atoms with van der Waals surface area (Å²) >= 11 is 0. The molecule has 1 aromatic carbocycles. The highest BCUT2D eigenvalue weighted by Crippen LogP contribution is 2.31. The molecule has 0 bridgehead atoms. The average Bonchev–Trinajstić information content (AvgIpc) is 2.82. The van der Waals surface area contributed by atoms with Crippen molar-refractivity contribution in [1.29, 1.82) is 0 Å². The molecule has 2 amide bonds. The predicted molar refractivity (Wildman–Crippen MR) is 77.3 cm³/mol. The van der Waals surface area contributed by atoms with Gasteiger partial charge in [-0.3, -0.25) is 4.79 Å². The van der Waals surface area contributed by atoms with Gasteiger partial charge >= 0.3 is 12.0 Å². The molecule has 6 nitrogen and oxygen atoms in total. The van der Waals surface area contributed by atoms with Crippen molar-refractivity contribution in [2.75, 3.05) is 13.2 Å². The van der Waals surface area contributed by atoms with E-state index in [0.29, 0.717) is 6.61 Å². The van der Waals surface area contributed by atoms with E-state index in [2.05, 4.69) is 5.32 Å². The molecule has 0 saturated heterocycles. The molecule has 6 heteroatoms. The van der Waals surface area contributed by atoms with Crippen molar-refractivity contribution in [3.05, 3.63) is 29.8 Å². The van der Waals surface area contributed by atoms with E-state index in [1.54, 1.807) is 0 Å².